The zero-order chi connectivity index (χ0) is 14.7. The minimum Gasteiger partial charge on any atom is -0.388 e. The van der Waals surface area contributed by atoms with Gasteiger partial charge in [-0.2, -0.15) is 0 Å². The van der Waals surface area contributed by atoms with Gasteiger partial charge in [0.2, 0.25) is 0 Å². The van der Waals surface area contributed by atoms with Crippen LogP contribution >= 0.6 is 0 Å². The Kier molecular flexibility index (Phi) is 4.29. The van der Waals surface area contributed by atoms with Crippen molar-refractivity contribution in [2.45, 2.75) is 0 Å². The predicted molar refractivity (Wildman–Crippen MR) is 83.4 cm³/mol. The maximum absolute atomic E-state index is 12.5. The van der Waals surface area contributed by atoms with Crippen molar-refractivity contribution in [3.8, 4) is 0 Å². The summed E-state index contributed by atoms with van der Waals surface area (Å²) in [6.45, 7) is 1.57. The Bertz CT molecular complexity index is 603. The lowest BCUT2D eigenvalue weighted by atomic mass is 10.1. The van der Waals surface area contributed by atoms with Gasteiger partial charge in [0, 0.05) is 50.0 Å². The Morgan fingerprint density at radius 2 is 2.00 bits per heavy atom. The number of carbonyl (C=O) groups is 1. The Morgan fingerprint density at radius 1 is 1.25 bits per heavy atom. The van der Waals surface area contributed by atoms with Gasteiger partial charge >= 0.3 is 0 Å². The van der Waals surface area contributed by atoms with Crippen molar-refractivity contribution < 1.29 is 4.79 Å². The highest BCUT2D eigenvalue weighted by atomic mass is 16.2. The summed E-state index contributed by atoms with van der Waals surface area (Å²) in [4.78, 5) is 19.5. The standard InChI is InChI=1S/C15H22N4O/c1-16-11-5-6-14-12(9-11)13(10-17-14)15(20)19(4)8-7-18(2)3/h5-6,9-10,16-17H,7-8H2,1-4H3. The second kappa shape index (κ2) is 5.96. The highest BCUT2D eigenvalue weighted by molar-refractivity contribution is 6.07. The lowest BCUT2D eigenvalue weighted by molar-refractivity contribution is 0.0788. The van der Waals surface area contributed by atoms with Crippen molar-refractivity contribution in [2.75, 3.05) is 46.6 Å². The van der Waals surface area contributed by atoms with Gasteiger partial charge in [0.1, 0.15) is 0 Å². The maximum atomic E-state index is 12.5. The van der Waals surface area contributed by atoms with E-state index >= 15 is 0 Å². The molecular weight excluding hydrogens is 252 g/mol. The largest absolute Gasteiger partial charge is 0.388 e. The van der Waals surface area contributed by atoms with E-state index in [1.54, 1.807) is 11.1 Å². The number of nitrogens with zero attached hydrogens (tertiary/aromatic N) is 2. The number of anilines is 1. The molecule has 5 nitrogen and oxygen atoms in total. The van der Waals surface area contributed by atoms with Crippen LogP contribution in [0.5, 0.6) is 0 Å². The molecule has 0 bridgehead atoms. The van der Waals surface area contributed by atoms with Gasteiger partial charge in [-0.3, -0.25) is 4.79 Å². The second-order valence-corrected chi connectivity index (χ2v) is 5.24. The molecule has 2 N–H and O–H groups in total. The first kappa shape index (κ1) is 14.4. The number of carbonyl (C=O) groups excluding carboxylic acids is 1. The lowest BCUT2D eigenvalue weighted by Crippen LogP contribution is -2.33. The Balaban J connectivity index is 2.25. The van der Waals surface area contributed by atoms with Crippen molar-refractivity contribution in [2.24, 2.45) is 0 Å². The lowest BCUT2D eigenvalue weighted by Gasteiger charge is -2.19. The summed E-state index contributed by atoms with van der Waals surface area (Å²) in [6, 6.07) is 5.97. The van der Waals surface area contributed by atoms with Gasteiger partial charge in [-0.25, -0.2) is 0 Å². The molecule has 0 saturated carbocycles. The third-order valence-corrected chi connectivity index (χ3v) is 3.43. The molecule has 1 aromatic carbocycles. The quantitative estimate of drug-likeness (QED) is 0.875. The number of aromatic amines is 1. The molecule has 0 aliphatic heterocycles. The molecule has 1 amide bonds. The number of hydrogen-bond acceptors (Lipinski definition) is 3. The van der Waals surface area contributed by atoms with Crippen molar-refractivity contribution in [3.63, 3.8) is 0 Å². The third kappa shape index (κ3) is 2.93. The van der Waals surface area contributed by atoms with E-state index < -0.39 is 0 Å². The molecule has 0 aliphatic rings. The Morgan fingerprint density at radius 3 is 2.65 bits per heavy atom. The molecule has 0 atom stereocenters. The van der Waals surface area contributed by atoms with Gasteiger partial charge in [0.15, 0.2) is 0 Å². The predicted octanol–water partition coefficient (Wildman–Crippen LogP) is 1.84. The normalized spacial score (nSPS) is 11.1. The van der Waals surface area contributed by atoms with Gasteiger partial charge in [-0.15, -0.1) is 0 Å². The summed E-state index contributed by atoms with van der Waals surface area (Å²) in [5.41, 5.74) is 2.70. The number of benzene rings is 1. The number of hydrogen-bond donors (Lipinski definition) is 2. The van der Waals surface area contributed by atoms with Crippen LogP contribution in [-0.4, -0.2) is 62.0 Å². The van der Waals surface area contributed by atoms with Crippen LogP contribution < -0.4 is 5.32 Å². The van der Waals surface area contributed by atoms with Crippen molar-refractivity contribution >= 4 is 22.5 Å². The average molecular weight is 274 g/mol. The molecule has 1 heterocycles. The number of rotatable bonds is 5. The molecule has 5 heteroatoms. The molecule has 0 saturated heterocycles. The van der Waals surface area contributed by atoms with Gasteiger partial charge in [-0.05, 0) is 32.3 Å². The third-order valence-electron chi connectivity index (χ3n) is 3.43. The van der Waals surface area contributed by atoms with Crippen LogP contribution in [0.1, 0.15) is 10.4 Å². The number of likely N-dealkylation sites (N-methyl/N-ethyl adjacent to an activating group) is 2. The van der Waals surface area contributed by atoms with Crippen LogP contribution in [0.25, 0.3) is 10.9 Å². The Labute approximate surface area is 119 Å². The van der Waals surface area contributed by atoms with E-state index in [1.807, 2.05) is 46.4 Å². The van der Waals surface area contributed by atoms with Gasteiger partial charge in [0.05, 0.1) is 5.56 Å². The fourth-order valence-electron chi connectivity index (χ4n) is 2.11. The molecule has 0 spiro atoms. The minimum atomic E-state index is 0.0475. The molecule has 108 valence electrons. The molecule has 0 fully saturated rings. The van der Waals surface area contributed by atoms with E-state index in [1.165, 1.54) is 0 Å². The van der Waals surface area contributed by atoms with E-state index in [9.17, 15) is 4.79 Å². The molecule has 1 aromatic heterocycles. The molecule has 20 heavy (non-hydrogen) atoms. The van der Waals surface area contributed by atoms with E-state index in [-0.39, 0.29) is 5.91 Å². The summed E-state index contributed by atoms with van der Waals surface area (Å²) >= 11 is 0. The minimum absolute atomic E-state index is 0.0475. The first-order chi connectivity index (χ1) is 9.52. The monoisotopic (exact) mass is 274 g/mol. The molecule has 2 aromatic rings. The van der Waals surface area contributed by atoms with Crippen molar-refractivity contribution in [1.29, 1.82) is 0 Å². The zero-order valence-corrected chi connectivity index (χ0v) is 12.5. The fraction of sp³-hybridized carbons (Fsp3) is 0.400. The molecule has 0 aliphatic carbocycles. The number of aromatic nitrogens is 1. The first-order valence-electron chi connectivity index (χ1n) is 6.72. The van der Waals surface area contributed by atoms with E-state index in [0.29, 0.717) is 6.54 Å². The number of amides is 1. The highest BCUT2D eigenvalue weighted by Crippen LogP contribution is 2.23. The van der Waals surface area contributed by atoms with Gasteiger partial charge in [-0.1, -0.05) is 0 Å². The number of H-pyrrole nitrogens is 1. The second-order valence-electron chi connectivity index (χ2n) is 5.24. The van der Waals surface area contributed by atoms with Gasteiger partial charge in [0.25, 0.3) is 5.91 Å². The van der Waals surface area contributed by atoms with Gasteiger partial charge < -0.3 is 20.1 Å². The summed E-state index contributed by atoms with van der Waals surface area (Å²) in [5.74, 6) is 0.0475. The molecule has 0 unspecified atom stereocenters. The topological polar surface area (TPSA) is 51.4 Å². The van der Waals surface area contributed by atoms with Crippen LogP contribution in [-0.2, 0) is 0 Å². The van der Waals surface area contributed by atoms with E-state index in [2.05, 4.69) is 15.2 Å². The average Bonchev–Trinajstić information content (AvgIpc) is 2.86. The van der Waals surface area contributed by atoms with E-state index in [4.69, 9.17) is 0 Å². The summed E-state index contributed by atoms with van der Waals surface area (Å²) in [6.07, 6.45) is 1.79. The SMILES string of the molecule is CNc1ccc2[nH]cc(C(=O)N(C)CCN(C)C)c2c1. The first-order valence-corrected chi connectivity index (χ1v) is 6.72. The number of fused-ring (bicyclic) bond motifs is 1. The van der Waals surface area contributed by atoms with Crippen LogP contribution in [0.3, 0.4) is 0 Å². The Hall–Kier alpha value is -2.01. The van der Waals surface area contributed by atoms with Crippen LogP contribution in [0, 0.1) is 0 Å². The molecule has 2 rings (SSSR count). The molecular formula is C15H22N4O. The summed E-state index contributed by atoms with van der Waals surface area (Å²) < 4.78 is 0. The smallest absolute Gasteiger partial charge is 0.255 e. The zero-order valence-electron chi connectivity index (χ0n) is 12.5. The summed E-state index contributed by atoms with van der Waals surface area (Å²) in [7, 11) is 7.72. The van der Waals surface area contributed by atoms with E-state index in [0.717, 1.165) is 28.7 Å². The van der Waals surface area contributed by atoms with Crippen LogP contribution in [0.15, 0.2) is 24.4 Å². The van der Waals surface area contributed by atoms with Crippen molar-refractivity contribution in [1.82, 2.24) is 14.8 Å². The summed E-state index contributed by atoms with van der Waals surface area (Å²) in [5, 5.41) is 4.06. The maximum Gasteiger partial charge on any atom is 0.255 e. The van der Waals surface area contributed by atoms with Crippen LogP contribution in [0.2, 0.25) is 0 Å². The fourth-order valence-corrected chi connectivity index (χ4v) is 2.11. The van der Waals surface area contributed by atoms with Crippen LogP contribution in [0.4, 0.5) is 5.69 Å². The van der Waals surface area contributed by atoms with Crippen molar-refractivity contribution in [3.05, 3.63) is 30.0 Å². The highest BCUT2D eigenvalue weighted by Gasteiger charge is 2.16. The molecule has 0 radical (unpaired) electrons. The number of nitrogens with one attached hydrogen (secondary N) is 2.